The SMILES string of the molecule is Cc1cccc(C(N)c2ccc(C)c(F)c2F)n1. The van der Waals surface area contributed by atoms with Gasteiger partial charge in [0.15, 0.2) is 11.6 Å². The van der Waals surface area contributed by atoms with Gasteiger partial charge in [0.2, 0.25) is 0 Å². The standard InChI is InChI=1S/C14H14F2N2/c1-8-6-7-10(13(16)12(8)15)14(17)11-5-3-4-9(2)18-11/h3-7,14H,17H2,1-2H3. The number of hydrogen-bond acceptors (Lipinski definition) is 2. The van der Waals surface area contributed by atoms with Crippen molar-refractivity contribution < 1.29 is 8.78 Å². The van der Waals surface area contributed by atoms with E-state index in [9.17, 15) is 8.78 Å². The molecule has 0 bridgehead atoms. The van der Waals surface area contributed by atoms with E-state index in [0.717, 1.165) is 5.69 Å². The molecule has 1 unspecified atom stereocenters. The zero-order valence-electron chi connectivity index (χ0n) is 10.2. The predicted octanol–water partition coefficient (Wildman–Crippen LogP) is 3.02. The number of pyridine rings is 1. The summed E-state index contributed by atoms with van der Waals surface area (Å²) < 4.78 is 27.3. The van der Waals surface area contributed by atoms with Crippen LogP contribution in [0.2, 0.25) is 0 Å². The molecule has 0 saturated heterocycles. The van der Waals surface area contributed by atoms with Crippen molar-refractivity contribution in [3.8, 4) is 0 Å². The summed E-state index contributed by atoms with van der Waals surface area (Å²) in [6.07, 6.45) is 0. The van der Waals surface area contributed by atoms with E-state index in [1.54, 1.807) is 12.1 Å². The molecule has 1 heterocycles. The molecule has 2 rings (SSSR count). The van der Waals surface area contributed by atoms with Crippen LogP contribution in [0.1, 0.15) is 28.6 Å². The second-order valence-electron chi connectivity index (χ2n) is 4.28. The zero-order chi connectivity index (χ0) is 13.3. The lowest BCUT2D eigenvalue weighted by atomic mass is 10.0. The summed E-state index contributed by atoms with van der Waals surface area (Å²) in [5.41, 5.74) is 7.63. The van der Waals surface area contributed by atoms with Crippen LogP contribution in [0.5, 0.6) is 0 Å². The average Bonchev–Trinajstić information content (AvgIpc) is 2.35. The summed E-state index contributed by atoms with van der Waals surface area (Å²) in [5.74, 6) is -1.75. The molecule has 0 radical (unpaired) electrons. The summed E-state index contributed by atoms with van der Waals surface area (Å²) in [4.78, 5) is 4.23. The monoisotopic (exact) mass is 248 g/mol. The van der Waals surface area contributed by atoms with Crippen LogP contribution >= 0.6 is 0 Å². The Hall–Kier alpha value is -1.81. The minimum atomic E-state index is -0.897. The maximum absolute atomic E-state index is 13.8. The van der Waals surface area contributed by atoms with Gasteiger partial charge in [0, 0.05) is 11.3 Å². The lowest BCUT2D eigenvalue weighted by Gasteiger charge is -2.14. The highest BCUT2D eigenvalue weighted by atomic mass is 19.2. The van der Waals surface area contributed by atoms with Crippen molar-refractivity contribution in [3.05, 3.63) is 64.5 Å². The molecular formula is C14H14F2N2. The highest BCUT2D eigenvalue weighted by molar-refractivity contribution is 5.32. The van der Waals surface area contributed by atoms with Crippen molar-refractivity contribution in [1.82, 2.24) is 4.98 Å². The fourth-order valence-electron chi connectivity index (χ4n) is 1.80. The highest BCUT2D eigenvalue weighted by Gasteiger charge is 2.18. The maximum Gasteiger partial charge on any atom is 0.164 e. The van der Waals surface area contributed by atoms with Gasteiger partial charge in [-0.25, -0.2) is 8.78 Å². The largest absolute Gasteiger partial charge is 0.319 e. The molecule has 1 aromatic heterocycles. The van der Waals surface area contributed by atoms with Gasteiger partial charge < -0.3 is 5.73 Å². The second-order valence-corrected chi connectivity index (χ2v) is 4.28. The first-order valence-corrected chi connectivity index (χ1v) is 5.64. The van der Waals surface area contributed by atoms with Crippen molar-refractivity contribution >= 4 is 0 Å². The summed E-state index contributed by atoms with van der Waals surface area (Å²) in [6.45, 7) is 3.33. The van der Waals surface area contributed by atoms with Crippen molar-refractivity contribution in [2.45, 2.75) is 19.9 Å². The van der Waals surface area contributed by atoms with E-state index in [1.807, 2.05) is 13.0 Å². The van der Waals surface area contributed by atoms with E-state index in [4.69, 9.17) is 5.73 Å². The molecule has 0 fully saturated rings. The molecule has 4 heteroatoms. The molecule has 0 amide bonds. The highest BCUT2D eigenvalue weighted by Crippen LogP contribution is 2.24. The minimum absolute atomic E-state index is 0.121. The molecule has 18 heavy (non-hydrogen) atoms. The Morgan fingerprint density at radius 3 is 2.44 bits per heavy atom. The number of rotatable bonds is 2. The average molecular weight is 248 g/mol. The molecule has 0 spiro atoms. The number of aryl methyl sites for hydroxylation is 2. The number of nitrogens with zero attached hydrogens (tertiary/aromatic N) is 1. The Morgan fingerprint density at radius 1 is 1.06 bits per heavy atom. The normalized spacial score (nSPS) is 12.5. The molecule has 94 valence electrons. The fourth-order valence-corrected chi connectivity index (χ4v) is 1.80. The number of hydrogen-bond donors (Lipinski definition) is 1. The Balaban J connectivity index is 2.46. The number of benzene rings is 1. The quantitative estimate of drug-likeness (QED) is 0.887. The van der Waals surface area contributed by atoms with Crippen molar-refractivity contribution in [1.29, 1.82) is 0 Å². The number of aromatic nitrogens is 1. The van der Waals surface area contributed by atoms with Gasteiger partial charge in [0.05, 0.1) is 11.7 Å². The second kappa shape index (κ2) is 4.82. The van der Waals surface area contributed by atoms with Gasteiger partial charge in [-0.1, -0.05) is 18.2 Å². The molecule has 2 nitrogen and oxygen atoms in total. The molecule has 1 aromatic carbocycles. The maximum atomic E-state index is 13.8. The topological polar surface area (TPSA) is 38.9 Å². The number of halogens is 2. The van der Waals surface area contributed by atoms with Crippen LogP contribution in [0.3, 0.4) is 0 Å². The fraction of sp³-hybridized carbons (Fsp3) is 0.214. The molecule has 1 atom stereocenters. The Kier molecular flexibility index (Phi) is 3.39. The van der Waals surface area contributed by atoms with E-state index in [1.165, 1.54) is 19.1 Å². The lowest BCUT2D eigenvalue weighted by molar-refractivity contribution is 0.488. The van der Waals surface area contributed by atoms with Crippen molar-refractivity contribution in [2.75, 3.05) is 0 Å². The Bertz CT molecular complexity index is 582. The minimum Gasteiger partial charge on any atom is -0.319 e. The van der Waals surface area contributed by atoms with Crippen LogP contribution in [0, 0.1) is 25.5 Å². The van der Waals surface area contributed by atoms with Gasteiger partial charge >= 0.3 is 0 Å². The summed E-state index contributed by atoms with van der Waals surface area (Å²) in [6, 6.07) is 7.57. The van der Waals surface area contributed by atoms with Crippen LogP contribution < -0.4 is 5.73 Å². The van der Waals surface area contributed by atoms with Gasteiger partial charge in [-0.3, -0.25) is 4.98 Å². The van der Waals surface area contributed by atoms with Crippen LogP contribution in [0.15, 0.2) is 30.3 Å². The van der Waals surface area contributed by atoms with E-state index in [0.29, 0.717) is 5.69 Å². The first-order chi connectivity index (χ1) is 8.50. The van der Waals surface area contributed by atoms with Crippen LogP contribution in [-0.4, -0.2) is 4.98 Å². The van der Waals surface area contributed by atoms with Gasteiger partial charge in [0.25, 0.3) is 0 Å². The van der Waals surface area contributed by atoms with Gasteiger partial charge in [0.1, 0.15) is 0 Å². The smallest absolute Gasteiger partial charge is 0.164 e. The third kappa shape index (κ3) is 2.24. The van der Waals surface area contributed by atoms with Crippen LogP contribution in [-0.2, 0) is 0 Å². The predicted molar refractivity (Wildman–Crippen MR) is 66.1 cm³/mol. The molecule has 0 aliphatic heterocycles. The van der Waals surface area contributed by atoms with Crippen molar-refractivity contribution in [2.24, 2.45) is 5.73 Å². The molecule has 2 N–H and O–H groups in total. The summed E-state index contributed by atoms with van der Waals surface area (Å²) >= 11 is 0. The number of nitrogens with two attached hydrogens (primary N) is 1. The molecule has 0 saturated carbocycles. The Morgan fingerprint density at radius 2 is 1.78 bits per heavy atom. The van der Waals surface area contributed by atoms with Crippen LogP contribution in [0.25, 0.3) is 0 Å². The van der Waals surface area contributed by atoms with Crippen LogP contribution in [0.4, 0.5) is 8.78 Å². The third-order valence-corrected chi connectivity index (χ3v) is 2.87. The summed E-state index contributed by atoms with van der Waals surface area (Å²) in [5, 5.41) is 0. The Labute approximate surface area is 104 Å². The molecular weight excluding hydrogens is 234 g/mol. The zero-order valence-corrected chi connectivity index (χ0v) is 10.2. The summed E-state index contributed by atoms with van der Waals surface area (Å²) in [7, 11) is 0. The van der Waals surface area contributed by atoms with Crippen molar-refractivity contribution in [3.63, 3.8) is 0 Å². The lowest BCUT2D eigenvalue weighted by Crippen LogP contribution is -2.16. The molecule has 0 aliphatic rings. The van der Waals surface area contributed by atoms with Gasteiger partial charge in [-0.2, -0.15) is 0 Å². The molecule has 2 aromatic rings. The third-order valence-electron chi connectivity index (χ3n) is 2.87. The first kappa shape index (κ1) is 12.6. The van der Waals surface area contributed by atoms with E-state index in [2.05, 4.69) is 4.98 Å². The van der Waals surface area contributed by atoms with Gasteiger partial charge in [-0.05, 0) is 31.5 Å². The van der Waals surface area contributed by atoms with E-state index >= 15 is 0 Å². The van der Waals surface area contributed by atoms with E-state index in [-0.39, 0.29) is 11.1 Å². The molecule has 0 aliphatic carbocycles. The van der Waals surface area contributed by atoms with Gasteiger partial charge in [-0.15, -0.1) is 0 Å². The van der Waals surface area contributed by atoms with E-state index < -0.39 is 17.7 Å². The first-order valence-electron chi connectivity index (χ1n) is 5.64.